The minimum atomic E-state index is -0.136. The Morgan fingerprint density at radius 3 is 2.44 bits per heavy atom. The van der Waals surface area contributed by atoms with Gasteiger partial charge in [-0.1, -0.05) is 19.7 Å². The molecule has 0 unspecified atom stereocenters. The molecule has 0 spiro atoms. The van der Waals surface area contributed by atoms with Crippen LogP contribution < -0.4 is 5.73 Å². The van der Waals surface area contributed by atoms with Crippen molar-refractivity contribution in [1.29, 1.82) is 0 Å². The van der Waals surface area contributed by atoms with Gasteiger partial charge in [-0.25, -0.2) is 0 Å². The molecule has 0 aliphatic rings. The topological polar surface area (TPSA) is 46.2 Å². The van der Waals surface area contributed by atoms with Gasteiger partial charge >= 0.3 is 0 Å². The van der Waals surface area contributed by atoms with Crippen LogP contribution in [0.3, 0.4) is 0 Å². The molecule has 0 radical (unpaired) electrons. The Morgan fingerprint density at radius 2 is 2.00 bits per heavy atom. The smallest absolute Gasteiger partial charge is 0.285 e. The van der Waals surface area contributed by atoms with Gasteiger partial charge in [-0.05, 0) is 19.3 Å². The summed E-state index contributed by atoms with van der Waals surface area (Å²) in [6, 6.07) is 0. The van der Waals surface area contributed by atoms with Gasteiger partial charge in [0.2, 0.25) is 0 Å². The Balaban J connectivity index is 2.75. The third-order valence-corrected chi connectivity index (χ3v) is 1.33. The summed E-state index contributed by atoms with van der Waals surface area (Å²) in [6.45, 7) is 2.46. The molecule has 0 rings (SSSR count). The van der Waals surface area contributed by atoms with E-state index in [9.17, 15) is 0 Å². The Hall–Kier alpha value is -0.0151. The van der Waals surface area contributed by atoms with Crippen molar-refractivity contribution < 1.29 is 5.02 Å². The van der Waals surface area contributed by atoms with Gasteiger partial charge in [-0.2, -0.15) is 0 Å². The minimum absolute atomic E-state index is 0.136. The van der Waals surface area contributed by atoms with Gasteiger partial charge in [-0.15, -0.1) is 0 Å². The summed E-state index contributed by atoms with van der Waals surface area (Å²) in [7, 11) is 0. The molecule has 9 heavy (non-hydrogen) atoms. The van der Waals surface area contributed by atoms with Crippen LogP contribution in [0.25, 0.3) is 0 Å². The summed E-state index contributed by atoms with van der Waals surface area (Å²) in [5.74, 6) is 0. The highest BCUT2D eigenvalue weighted by atomic mass is 16.2. The van der Waals surface area contributed by atoms with E-state index in [2.05, 4.69) is 0 Å². The van der Waals surface area contributed by atoms with E-state index in [1.54, 1.807) is 0 Å². The van der Waals surface area contributed by atoms with Gasteiger partial charge in [0.15, 0.2) is 0 Å². The fourth-order valence-electron chi connectivity index (χ4n) is 0.761. The Morgan fingerprint density at radius 1 is 1.33 bits per heavy atom. The van der Waals surface area contributed by atoms with Crippen molar-refractivity contribution in [2.24, 2.45) is 5.73 Å². The first kappa shape index (κ1) is 8.98. The third kappa shape index (κ3) is 7.98. The van der Waals surface area contributed by atoms with Crippen LogP contribution in [0.5, 0.6) is 0 Å². The second kappa shape index (κ2) is 6.11. The second-order valence-electron chi connectivity index (χ2n) is 2.49. The van der Waals surface area contributed by atoms with Gasteiger partial charge in [0.1, 0.15) is 0 Å². The minimum Gasteiger partial charge on any atom is -0.451 e. The molecule has 0 bridgehead atoms. The fourth-order valence-corrected chi connectivity index (χ4v) is 0.761. The Bertz CT molecular complexity index is 59.0. The highest BCUT2D eigenvalue weighted by Crippen LogP contribution is 2.00. The van der Waals surface area contributed by atoms with Crippen molar-refractivity contribution in [3.05, 3.63) is 0 Å². The van der Waals surface area contributed by atoms with Crippen LogP contribution in [-0.2, 0) is 0 Å². The molecule has 0 aliphatic carbocycles. The largest absolute Gasteiger partial charge is 0.451 e. The normalized spacial score (nSPS) is 9.67. The molecule has 0 saturated heterocycles. The van der Waals surface area contributed by atoms with Crippen molar-refractivity contribution in [2.45, 2.75) is 32.4 Å². The van der Waals surface area contributed by atoms with E-state index in [1.807, 2.05) is 6.82 Å². The molecule has 0 heterocycles. The first-order valence-electron chi connectivity index (χ1n) is 3.65. The summed E-state index contributed by atoms with van der Waals surface area (Å²) in [6.07, 6.45) is 4.27. The standard InChI is InChI=1S/C6H16BNO/c1-7(9)5-3-2-4-6-8/h9H,2-6,8H2,1H3. The van der Waals surface area contributed by atoms with Crippen LogP contribution in [0.4, 0.5) is 0 Å². The average Bonchev–Trinajstić information content (AvgIpc) is 1.80. The van der Waals surface area contributed by atoms with Gasteiger partial charge in [-0.3, -0.25) is 0 Å². The number of unbranched alkanes of at least 4 members (excludes halogenated alkanes) is 2. The van der Waals surface area contributed by atoms with Gasteiger partial charge < -0.3 is 10.8 Å². The van der Waals surface area contributed by atoms with Gasteiger partial charge in [0.05, 0.1) is 0 Å². The third-order valence-electron chi connectivity index (χ3n) is 1.33. The molecule has 0 atom stereocenters. The predicted molar refractivity (Wildman–Crippen MR) is 41.5 cm³/mol. The van der Waals surface area contributed by atoms with Crippen molar-refractivity contribution in [3.8, 4) is 0 Å². The lowest BCUT2D eigenvalue weighted by Gasteiger charge is -1.97. The zero-order chi connectivity index (χ0) is 7.11. The van der Waals surface area contributed by atoms with Crippen LogP contribution in [0.15, 0.2) is 0 Å². The maximum atomic E-state index is 8.82. The molecular weight excluding hydrogens is 113 g/mol. The SMILES string of the molecule is CB(O)CCCCCN. The molecule has 0 amide bonds. The van der Waals surface area contributed by atoms with E-state index >= 15 is 0 Å². The molecule has 3 heteroatoms. The van der Waals surface area contributed by atoms with Crippen molar-refractivity contribution in [3.63, 3.8) is 0 Å². The second-order valence-corrected chi connectivity index (χ2v) is 2.49. The molecule has 0 fully saturated rings. The van der Waals surface area contributed by atoms with E-state index in [0.29, 0.717) is 0 Å². The first-order valence-corrected chi connectivity index (χ1v) is 3.65. The molecule has 0 aromatic carbocycles. The lowest BCUT2D eigenvalue weighted by atomic mass is 9.67. The van der Waals surface area contributed by atoms with E-state index in [-0.39, 0.29) is 6.92 Å². The molecule has 0 aromatic heterocycles. The van der Waals surface area contributed by atoms with E-state index in [0.717, 1.165) is 32.1 Å². The maximum absolute atomic E-state index is 8.82. The molecule has 2 nitrogen and oxygen atoms in total. The predicted octanol–water partition coefficient (Wildman–Crippen LogP) is 0.729. The zero-order valence-electron chi connectivity index (χ0n) is 6.14. The molecule has 0 saturated carbocycles. The lowest BCUT2D eigenvalue weighted by Crippen LogP contribution is -2.04. The van der Waals surface area contributed by atoms with Crippen LogP contribution in [0.1, 0.15) is 19.3 Å². The van der Waals surface area contributed by atoms with Crippen LogP contribution in [0.2, 0.25) is 13.1 Å². The molecule has 0 aromatic rings. The van der Waals surface area contributed by atoms with Crippen LogP contribution in [0, 0.1) is 0 Å². The van der Waals surface area contributed by atoms with E-state index < -0.39 is 0 Å². The summed E-state index contributed by atoms with van der Waals surface area (Å²) >= 11 is 0. The van der Waals surface area contributed by atoms with Gasteiger partial charge in [0.25, 0.3) is 6.92 Å². The monoisotopic (exact) mass is 129 g/mol. The van der Waals surface area contributed by atoms with Crippen LogP contribution in [-0.4, -0.2) is 18.5 Å². The number of rotatable bonds is 5. The lowest BCUT2D eigenvalue weighted by molar-refractivity contribution is 0.567. The van der Waals surface area contributed by atoms with Gasteiger partial charge in [0, 0.05) is 0 Å². The Labute approximate surface area is 57.6 Å². The number of nitrogens with two attached hydrogens (primary N) is 1. The zero-order valence-corrected chi connectivity index (χ0v) is 6.14. The van der Waals surface area contributed by atoms with Crippen LogP contribution >= 0.6 is 0 Å². The van der Waals surface area contributed by atoms with E-state index in [1.165, 1.54) is 0 Å². The highest BCUT2D eigenvalue weighted by molar-refractivity contribution is 6.48. The summed E-state index contributed by atoms with van der Waals surface area (Å²) in [5.41, 5.74) is 5.28. The first-order chi connectivity index (χ1) is 4.27. The molecular formula is C6H16BNO. The Kier molecular flexibility index (Phi) is 6.10. The summed E-state index contributed by atoms with van der Waals surface area (Å²) in [5, 5.41) is 8.82. The number of hydrogen-bond acceptors (Lipinski definition) is 2. The van der Waals surface area contributed by atoms with Crippen molar-refractivity contribution >= 4 is 6.92 Å². The summed E-state index contributed by atoms with van der Waals surface area (Å²) < 4.78 is 0. The quantitative estimate of drug-likeness (QED) is 0.424. The van der Waals surface area contributed by atoms with Crippen molar-refractivity contribution in [2.75, 3.05) is 6.54 Å². The highest BCUT2D eigenvalue weighted by Gasteiger charge is 1.99. The maximum Gasteiger partial charge on any atom is 0.285 e. The molecule has 0 aliphatic heterocycles. The summed E-state index contributed by atoms with van der Waals surface area (Å²) in [4.78, 5) is 0. The average molecular weight is 129 g/mol. The molecule has 54 valence electrons. The fraction of sp³-hybridized carbons (Fsp3) is 1.00. The number of hydrogen-bond donors (Lipinski definition) is 2. The van der Waals surface area contributed by atoms with E-state index in [4.69, 9.17) is 10.8 Å². The van der Waals surface area contributed by atoms with Crippen molar-refractivity contribution in [1.82, 2.24) is 0 Å². The molecule has 3 N–H and O–H groups in total.